The van der Waals surface area contributed by atoms with Crippen LogP contribution in [0.5, 0.6) is 0 Å². The molecule has 2 aromatic heterocycles. The van der Waals surface area contributed by atoms with Crippen LogP contribution in [0.3, 0.4) is 0 Å². The Bertz CT molecular complexity index is 638. The molecule has 2 aromatic rings. The standard InChI is InChI=1S/C16H23N3OS/c1-4-9-17-15-13-11-7-6-8-12(11)21-16(13)19-14(18-15)10(3)20-5-2/h10H,4-9H2,1-3H3,(H,17,18,19). The zero-order chi connectivity index (χ0) is 14.8. The Hall–Kier alpha value is -1.20. The maximum atomic E-state index is 5.67. The molecule has 5 heteroatoms. The number of aromatic nitrogens is 2. The van der Waals surface area contributed by atoms with Crippen molar-refractivity contribution >= 4 is 27.4 Å². The van der Waals surface area contributed by atoms with Crippen LogP contribution in [0.1, 0.15) is 56.0 Å². The molecule has 0 saturated carbocycles. The summed E-state index contributed by atoms with van der Waals surface area (Å²) in [6.45, 7) is 7.83. The van der Waals surface area contributed by atoms with Crippen molar-refractivity contribution in [3.63, 3.8) is 0 Å². The van der Waals surface area contributed by atoms with E-state index in [9.17, 15) is 0 Å². The fraction of sp³-hybridized carbons (Fsp3) is 0.625. The number of aryl methyl sites for hydroxylation is 2. The summed E-state index contributed by atoms with van der Waals surface area (Å²) in [5.41, 5.74) is 1.48. The average Bonchev–Trinajstić information content (AvgIpc) is 3.04. The first kappa shape index (κ1) is 14.7. The Morgan fingerprint density at radius 1 is 1.29 bits per heavy atom. The summed E-state index contributed by atoms with van der Waals surface area (Å²) < 4.78 is 5.67. The number of rotatable bonds is 6. The van der Waals surface area contributed by atoms with Gasteiger partial charge in [0, 0.05) is 18.0 Å². The molecule has 1 atom stereocenters. The fourth-order valence-electron chi connectivity index (χ4n) is 2.89. The van der Waals surface area contributed by atoms with E-state index in [1.807, 2.05) is 25.2 Å². The van der Waals surface area contributed by atoms with Crippen molar-refractivity contribution in [2.24, 2.45) is 0 Å². The first-order valence-electron chi connectivity index (χ1n) is 7.92. The highest BCUT2D eigenvalue weighted by Gasteiger charge is 2.23. The fourth-order valence-corrected chi connectivity index (χ4v) is 4.16. The predicted octanol–water partition coefficient (Wildman–Crippen LogP) is 4.10. The van der Waals surface area contributed by atoms with Gasteiger partial charge < -0.3 is 10.1 Å². The number of nitrogens with one attached hydrogen (secondary N) is 1. The molecule has 0 saturated heterocycles. The van der Waals surface area contributed by atoms with Gasteiger partial charge in [-0.3, -0.25) is 0 Å². The molecule has 1 unspecified atom stereocenters. The van der Waals surface area contributed by atoms with Gasteiger partial charge in [0.25, 0.3) is 0 Å². The maximum Gasteiger partial charge on any atom is 0.160 e. The first-order chi connectivity index (χ1) is 10.2. The quantitative estimate of drug-likeness (QED) is 0.873. The van der Waals surface area contributed by atoms with Gasteiger partial charge in [0.1, 0.15) is 16.8 Å². The number of fused-ring (bicyclic) bond motifs is 3. The Kier molecular flexibility index (Phi) is 4.40. The van der Waals surface area contributed by atoms with Gasteiger partial charge in [-0.2, -0.15) is 0 Å². The van der Waals surface area contributed by atoms with Gasteiger partial charge >= 0.3 is 0 Å². The van der Waals surface area contributed by atoms with Crippen LogP contribution in [0.15, 0.2) is 0 Å². The Morgan fingerprint density at radius 2 is 2.14 bits per heavy atom. The van der Waals surface area contributed by atoms with Gasteiger partial charge in [-0.25, -0.2) is 9.97 Å². The van der Waals surface area contributed by atoms with Gasteiger partial charge in [0.15, 0.2) is 5.82 Å². The molecule has 2 heterocycles. The molecule has 0 bridgehead atoms. The van der Waals surface area contributed by atoms with Crippen LogP contribution in [0.25, 0.3) is 10.2 Å². The van der Waals surface area contributed by atoms with Crippen LogP contribution in [0.2, 0.25) is 0 Å². The molecule has 0 spiro atoms. The van der Waals surface area contributed by atoms with Crippen molar-refractivity contribution in [2.75, 3.05) is 18.5 Å². The lowest BCUT2D eigenvalue weighted by Crippen LogP contribution is -2.09. The van der Waals surface area contributed by atoms with Crippen LogP contribution < -0.4 is 5.32 Å². The van der Waals surface area contributed by atoms with Crippen molar-refractivity contribution in [3.8, 4) is 0 Å². The minimum Gasteiger partial charge on any atom is -0.371 e. The Labute approximate surface area is 129 Å². The Balaban J connectivity index is 2.08. The highest BCUT2D eigenvalue weighted by atomic mass is 32.1. The van der Waals surface area contributed by atoms with E-state index in [0.29, 0.717) is 6.61 Å². The van der Waals surface area contributed by atoms with Gasteiger partial charge in [-0.1, -0.05) is 6.92 Å². The van der Waals surface area contributed by atoms with E-state index in [1.54, 1.807) is 0 Å². The van der Waals surface area contributed by atoms with Gasteiger partial charge in [-0.15, -0.1) is 11.3 Å². The Morgan fingerprint density at radius 3 is 2.90 bits per heavy atom. The SMILES string of the molecule is CCCNc1nc(C(C)OCC)nc2sc3c(c12)CCC3. The monoisotopic (exact) mass is 305 g/mol. The molecule has 21 heavy (non-hydrogen) atoms. The molecular weight excluding hydrogens is 282 g/mol. The molecule has 114 valence electrons. The van der Waals surface area contributed by atoms with E-state index in [1.165, 1.54) is 35.1 Å². The number of hydrogen-bond acceptors (Lipinski definition) is 5. The van der Waals surface area contributed by atoms with Crippen LogP contribution in [-0.4, -0.2) is 23.1 Å². The van der Waals surface area contributed by atoms with Crippen LogP contribution in [0.4, 0.5) is 5.82 Å². The van der Waals surface area contributed by atoms with Crippen molar-refractivity contribution in [1.29, 1.82) is 0 Å². The molecule has 0 radical (unpaired) electrons. The van der Waals surface area contributed by atoms with E-state index >= 15 is 0 Å². The van der Waals surface area contributed by atoms with E-state index in [-0.39, 0.29) is 6.10 Å². The van der Waals surface area contributed by atoms with Crippen molar-refractivity contribution in [2.45, 2.75) is 52.6 Å². The second kappa shape index (κ2) is 6.28. The maximum absolute atomic E-state index is 5.67. The van der Waals surface area contributed by atoms with E-state index in [2.05, 4.69) is 12.2 Å². The predicted molar refractivity (Wildman–Crippen MR) is 88.3 cm³/mol. The third-order valence-corrected chi connectivity index (χ3v) is 5.09. The smallest absolute Gasteiger partial charge is 0.160 e. The number of anilines is 1. The molecule has 0 aromatic carbocycles. The summed E-state index contributed by atoms with van der Waals surface area (Å²) in [6.07, 6.45) is 4.66. The molecule has 1 N–H and O–H groups in total. The molecule has 0 fully saturated rings. The zero-order valence-corrected chi connectivity index (χ0v) is 13.8. The molecule has 3 rings (SSSR count). The summed E-state index contributed by atoms with van der Waals surface area (Å²) in [5, 5.41) is 4.75. The van der Waals surface area contributed by atoms with E-state index in [4.69, 9.17) is 14.7 Å². The average molecular weight is 305 g/mol. The van der Waals surface area contributed by atoms with Crippen molar-refractivity contribution in [3.05, 3.63) is 16.3 Å². The van der Waals surface area contributed by atoms with Crippen LogP contribution in [0, 0.1) is 0 Å². The molecular formula is C16H23N3OS. The van der Waals surface area contributed by atoms with Crippen LogP contribution >= 0.6 is 11.3 Å². The number of thiophene rings is 1. The van der Waals surface area contributed by atoms with Gasteiger partial charge in [0.2, 0.25) is 0 Å². The second-order valence-corrected chi connectivity index (χ2v) is 6.58. The van der Waals surface area contributed by atoms with Crippen molar-refractivity contribution in [1.82, 2.24) is 9.97 Å². The molecule has 0 amide bonds. The summed E-state index contributed by atoms with van der Waals surface area (Å²) in [6, 6.07) is 0. The topological polar surface area (TPSA) is 47.0 Å². The van der Waals surface area contributed by atoms with Crippen molar-refractivity contribution < 1.29 is 4.74 Å². The lowest BCUT2D eigenvalue weighted by Gasteiger charge is -2.13. The molecule has 1 aliphatic carbocycles. The largest absolute Gasteiger partial charge is 0.371 e. The second-order valence-electron chi connectivity index (χ2n) is 5.49. The minimum absolute atomic E-state index is 0.0569. The third kappa shape index (κ3) is 2.77. The summed E-state index contributed by atoms with van der Waals surface area (Å²) in [5.74, 6) is 1.80. The molecule has 0 aliphatic heterocycles. The third-order valence-electron chi connectivity index (χ3n) is 3.90. The highest BCUT2D eigenvalue weighted by Crippen LogP contribution is 2.40. The van der Waals surface area contributed by atoms with E-state index in [0.717, 1.165) is 29.4 Å². The molecule has 4 nitrogen and oxygen atoms in total. The van der Waals surface area contributed by atoms with Gasteiger partial charge in [-0.05, 0) is 45.1 Å². The number of nitrogens with zero attached hydrogens (tertiary/aromatic N) is 2. The number of ether oxygens (including phenoxy) is 1. The summed E-state index contributed by atoms with van der Waals surface area (Å²) in [4.78, 5) is 12.2. The van der Waals surface area contributed by atoms with Crippen LogP contribution in [-0.2, 0) is 17.6 Å². The normalized spacial score (nSPS) is 15.4. The zero-order valence-electron chi connectivity index (χ0n) is 13.0. The number of hydrogen-bond donors (Lipinski definition) is 1. The first-order valence-corrected chi connectivity index (χ1v) is 8.73. The lowest BCUT2D eigenvalue weighted by atomic mass is 10.2. The highest BCUT2D eigenvalue weighted by molar-refractivity contribution is 7.19. The summed E-state index contributed by atoms with van der Waals surface area (Å²) >= 11 is 1.84. The van der Waals surface area contributed by atoms with Gasteiger partial charge in [0.05, 0.1) is 5.39 Å². The molecule has 1 aliphatic rings. The van der Waals surface area contributed by atoms with E-state index < -0.39 is 0 Å². The summed E-state index contributed by atoms with van der Waals surface area (Å²) in [7, 11) is 0. The minimum atomic E-state index is -0.0569. The lowest BCUT2D eigenvalue weighted by molar-refractivity contribution is 0.0704.